The van der Waals surface area contributed by atoms with E-state index < -0.39 is 0 Å². The molecule has 1 saturated heterocycles. The van der Waals surface area contributed by atoms with Gasteiger partial charge in [-0.1, -0.05) is 18.2 Å². The number of hydrogen-bond acceptors (Lipinski definition) is 3. The molecule has 0 aliphatic carbocycles. The lowest BCUT2D eigenvalue weighted by atomic mass is 10.2. The molecular weight excluding hydrogens is 276 g/mol. The normalized spacial score (nSPS) is 19.2. The van der Waals surface area contributed by atoms with Crippen molar-refractivity contribution in [3.63, 3.8) is 0 Å². The Labute approximate surface area is 133 Å². The van der Waals surface area contributed by atoms with Gasteiger partial charge in [0.1, 0.15) is 5.75 Å². The fourth-order valence-corrected chi connectivity index (χ4v) is 2.66. The summed E-state index contributed by atoms with van der Waals surface area (Å²) >= 11 is 0. The van der Waals surface area contributed by atoms with E-state index in [9.17, 15) is 0 Å². The van der Waals surface area contributed by atoms with E-state index in [2.05, 4.69) is 27.6 Å². The number of nitrogens with zero attached hydrogens (tertiary/aromatic N) is 2. The molecule has 1 unspecified atom stereocenters. The maximum Gasteiger partial charge on any atom is 0.191 e. The van der Waals surface area contributed by atoms with Crippen LogP contribution in [0.15, 0.2) is 35.3 Å². The minimum atomic E-state index is 0.625. The van der Waals surface area contributed by atoms with Gasteiger partial charge in [0, 0.05) is 26.2 Å². The molecule has 1 aliphatic heterocycles. The minimum absolute atomic E-state index is 0.625. The number of para-hydroxylation sites is 1. The minimum Gasteiger partial charge on any atom is -0.494 e. The zero-order valence-corrected chi connectivity index (χ0v) is 13.7. The summed E-state index contributed by atoms with van der Waals surface area (Å²) in [4.78, 5) is 6.68. The van der Waals surface area contributed by atoms with E-state index in [1.165, 1.54) is 19.4 Å². The van der Waals surface area contributed by atoms with Gasteiger partial charge in [0.15, 0.2) is 5.96 Å². The van der Waals surface area contributed by atoms with E-state index >= 15 is 0 Å². The fraction of sp³-hybridized carbons (Fsp3) is 0.588. The molecule has 1 aliphatic rings. The molecular formula is C17H28N4O. The van der Waals surface area contributed by atoms with Gasteiger partial charge in [-0.25, -0.2) is 0 Å². The summed E-state index contributed by atoms with van der Waals surface area (Å²) in [6, 6.07) is 10.5. The molecule has 0 spiro atoms. The molecule has 0 saturated carbocycles. The quantitative estimate of drug-likeness (QED) is 0.457. The van der Waals surface area contributed by atoms with Gasteiger partial charge in [-0.2, -0.15) is 0 Å². The van der Waals surface area contributed by atoms with Gasteiger partial charge in [0.2, 0.25) is 0 Å². The second-order valence-corrected chi connectivity index (χ2v) is 5.67. The Morgan fingerprint density at radius 3 is 2.82 bits per heavy atom. The number of aliphatic imine (C=N–C) groups is 1. The number of guanidine groups is 1. The molecule has 1 aromatic rings. The summed E-state index contributed by atoms with van der Waals surface area (Å²) in [5.41, 5.74) is 0. The molecule has 5 nitrogen and oxygen atoms in total. The van der Waals surface area contributed by atoms with Gasteiger partial charge in [-0.3, -0.25) is 4.99 Å². The van der Waals surface area contributed by atoms with Crippen molar-refractivity contribution in [2.24, 2.45) is 4.99 Å². The van der Waals surface area contributed by atoms with E-state index in [-0.39, 0.29) is 0 Å². The Morgan fingerprint density at radius 2 is 2.14 bits per heavy atom. The number of hydrogen-bond donors (Lipinski definition) is 2. The summed E-state index contributed by atoms with van der Waals surface area (Å²) in [5, 5.41) is 6.74. The second kappa shape index (κ2) is 9.30. The molecule has 0 amide bonds. The molecule has 0 radical (unpaired) electrons. The second-order valence-electron chi connectivity index (χ2n) is 5.67. The van der Waals surface area contributed by atoms with Crippen LogP contribution in [0.2, 0.25) is 0 Å². The number of benzene rings is 1. The third kappa shape index (κ3) is 5.56. The average Bonchev–Trinajstić information content (AvgIpc) is 2.96. The highest BCUT2D eigenvalue weighted by Gasteiger charge is 2.20. The fourth-order valence-electron chi connectivity index (χ4n) is 2.66. The highest BCUT2D eigenvalue weighted by atomic mass is 16.5. The molecule has 1 aromatic carbocycles. The van der Waals surface area contributed by atoms with Crippen LogP contribution < -0.4 is 15.4 Å². The van der Waals surface area contributed by atoms with Crippen molar-refractivity contribution in [3.05, 3.63) is 30.3 Å². The predicted octanol–water partition coefficient (Wildman–Crippen LogP) is 1.71. The van der Waals surface area contributed by atoms with Crippen LogP contribution >= 0.6 is 0 Å². The number of ether oxygens (including phenoxy) is 1. The highest BCUT2D eigenvalue weighted by Crippen LogP contribution is 2.13. The van der Waals surface area contributed by atoms with E-state index in [0.717, 1.165) is 31.2 Å². The maximum absolute atomic E-state index is 5.67. The lowest BCUT2D eigenvalue weighted by Gasteiger charge is -2.21. The van der Waals surface area contributed by atoms with E-state index in [4.69, 9.17) is 4.74 Å². The van der Waals surface area contributed by atoms with Gasteiger partial charge in [-0.05, 0) is 45.0 Å². The lowest BCUT2D eigenvalue weighted by Crippen LogP contribution is -2.44. The van der Waals surface area contributed by atoms with Crippen molar-refractivity contribution in [2.75, 3.05) is 40.3 Å². The van der Waals surface area contributed by atoms with Gasteiger partial charge in [0.25, 0.3) is 0 Å². The van der Waals surface area contributed by atoms with Crippen LogP contribution in [0.5, 0.6) is 5.75 Å². The molecule has 2 N–H and O–H groups in total. The Bertz CT molecular complexity index is 449. The largest absolute Gasteiger partial charge is 0.494 e. The van der Waals surface area contributed by atoms with Crippen molar-refractivity contribution < 1.29 is 4.74 Å². The zero-order valence-electron chi connectivity index (χ0n) is 13.7. The van der Waals surface area contributed by atoms with Crippen LogP contribution in [0.25, 0.3) is 0 Å². The molecule has 122 valence electrons. The first kappa shape index (κ1) is 16.6. The predicted molar refractivity (Wildman–Crippen MR) is 91.6 cm³/mol. The highest BCUT2D eigenvalue weighted by molar-refractivity contribution is 5.79. The van der Waals surface area contributed by atoms with Crippen LogP contribution in [0.3, 0.4) is 0 Å². The third-order valence-electron chi connectivity index (χ3n) is 4.03. The Morgan fingerprint density at radius 1 is 1.32 bits per heavy atom. The van der Waals surface area contributed by atoms with Gasteiger partial charge >= 0.3 is 0 Å². The third-order valence-corrected chi connectivity index (χ3v) is 4.03. The summed E-state index contributed by atoms with van der Waals surface area (Å²) in [7, 11) is 4.00. The summed E-state index contributed by atoms with van der Waals surface area (Å²) in [6.45, 7) is 3.72. The van der Waals surface area contributed by atoms with Crippen molar-refractivity contribution in [1.29, 1.82) is 0 Å². The molecule has 1 fully saturated rings. The SMILES string of the molecule is CN=C(NCCCOc1ccccc1)NCC1CCCN1C. The number of likely N-dealkylation sites (N-methyl/N-ethyl adjacent to an activating group) is 1. The topological polar surface area (TPSA) is 48.9 Å². The summed E-state index contributed by atoms with van der Waals surface area (Å²) in [6.07, 6.45) is 3.51. The van der Waals surface area contributed by atoms with Gasteiger partial charge in [-0.15, -0.1) is 0 Å². The van der Waals surface area contributed by atoms with E-state index in [1.54, 1.807) is 0 Å². The summed E-state index contributed by atoms with van der Waals surface area (Å²) in [5.74, 6) is 1.80. The van der Waals surface area contributed by atoms with Crippen LogP contribution in [-0.2, 0) is 0 Å². The number of likely N-dealkylation sites (tertiary alicyclic amines) is 1. The molecule has 1 heterocycles. The van der Waals surface area contributed by atoms with Crippen LogP contribution in [0.4, 0.5) is 0 Å². The van der Waals surface area contributed by atoms with Crippen molar-refractivity contribution in [2.45, 2.75) is 25.3 Å². The number of nitrogens with one attached hydrogen (secondary N) is 2. The zero-order chi connectivity index (χ0) is 15.6. The average molecular weight is 304 g/mol. The van der Waals surface area contributed by atoms with Gasteiger partial charge in [0.05, 0.1) is 6.61 Å². The Kier molecular flexibility index (Phi) is 7.03. The molecule has 0 aromatic heterocycles. The molecule has 5 heteroatoms. The first-order valence-electron chi connectivity index (χ1n) is 8.12. The van der Waals surface area contributed by atoms with E-state index in [0.29, 0.717) is 12.6 Å². The number of rotatable bonds is 7. The Balaban J connectivity index is 1.56. The Hall–Kier alpha value is -1.75. The standard InChI is InChI=1S/C17H28N4O/c1-18-17(20-14-15-8-6-12-21(15)2)19-11-7-13-22-16-9-4-3-5-10-16/h3-5,9-10,15H,6-8,11-14H2,1-2H3,(H2,18,19,20). The van der Waals surface area contributed by atoms with Crippen LogP contribution in [0.1, 0.15) is 19.3 Å². The molecule has 22 heavy (non-hydrogen) atoms. The van der Waals surface area contributed by atoms with Crippen molar-refractivity contribution in [3.8, 4) is 5.75 Å². The van der Waals surface area contributed by atoms with Crippen LogP contribution in [0, 0.1) is 0 Å². The van der Waals surface area contributed by atoms with Crippen molar-refractivity contribution >= 4 is 5.96 Å². The molecule has 0 bridgehead atoms. The van der Waals surface area contributed by atoms with Crippen LogP contribution in [-0.4, -0.2) is 57.2 Å². The lowest BCUT2D eigenvalue weighted by molar-refractivity contribution is 0.307. The first-order chi connectivity index (χ1) is 10.8. The summed E-state index contributed by atoms with van der Waals surface area (Å²) < 4.78 is 5.67. The monoisotopic (exact) mass is 304 g/mol. The molecule has 2 rings (SSSR count). The van der Waals surface area contributed by atoms with Crippen molar-refractivity contribution in [1.82, 2.24) is 15.5 Å². The molecule has 1 atom stereocenters. The first-order valence-corrected chi connectivity index (χ1v) is 8.12. The smallest absolute Gasteiger partial charge is 0.191 e. The van der Waals surface area contributed by atoms with Gasteiger partial charge < -0.3 is 20.3 Å². The van der Waals surface area contributed by atoms with E-state index in [1.807, 2.05) is 37.4 Å². The maximum atomic E-state index is 5.67.